The van der Waals surface area contributed by atoms with Crippen LogP contribution in [0, 0.1) is 0 Å². The molecule has 0 radical (unpaired) electrons. The minimum Gasteiger partial charge on any atom is -0.468 e. The SMILES string of the molecule is C=CCSC(CC)C(=O)OC. The van der Waals surface area contributed by atoms with Gasteiger partial charge in [0.25, 0.3) is 0 Å². The molecule has 0 aromatic rings. The van der Waals surface area contributed by atoms with Crippen molar-refractivity contribution in [1.82, 2.24) is 0 Å². The zero-order valence-electron chi connectivity index (χ0n) is 7.00. The summed E-state index contributed by atoms with van der Waals surface area (Å²) in [4.78, 5) is 11.0. The van der Waals surface area contributed by atoms with Crippen LogP contribution in [0.15, 0.2) is 12.7 Å². The second-order valence-corrected chi connectivity index (χ2v) is 3.28. The summed E-state index contributed by atoms with van der Waals surface area (Å²) in [6, 6.07) is 0. The first-order valence-electron chi connectivity index (χ1n) is 3.56. The van der Waals surface area contributed by atoms with Crippen molar-refractivity contribution in [3.8, 4) is 0 Å². The van der Waals surface area contributed by atoms with Crippen molar-refractivity contribution in [3.63, 3.8) is 0 Å². The summed E-state index contributed by atoms with van der Waals surface area (Å²) in [7, 11) is 1.42. The van der Waals surface area contributed by atoms with Crippen LogP contribution in [0.25, 0.3) is 0 Å². The van der Waals surface area contributed by atoms with Gasteiger partial charge in [-0.15, -0.1) is 18.3 Å². The summed E-state index contributed by atoms with van der Waals surface area (Å²) >= 11 is 1.56. The highest BCUT2D eigenvalue weighted by molar-refractivity contribution is 8.00. The Morgan fingerprint density at radius 2 is 2.45 bits per heavy atom. The van der Waals surface area contributed by atoms with E-state index in [1.807, 2.05) is 6.92 Å². The Kier molecular flexibility index (Phi) is 6.03. The predicted octanol–water partition coefficient (Wildman–Crippen LogP) is 1.86. The highest BCUT2D eigenvalue weighted by Gasteiger charge is 2.15. The molecule has 0 saturated carbocycles. The topological polar surface area (TPSA) is 26.3 Å². The molecule has 0 aromatic heterocycles. The van der Waals surface area contributed by atoms with E-state index in [1.165, 1.54) is 7.11 Å². The standard InChI is InChI=1S/C8H14O2S/c1-4-6-11-7(5-2)8(9)10-3/h4,7H,1,5-6H2,2-3H3. The van der Waals surface area contributed by atoms with Gasteiger partial charge in [-0.1, -0.05) is 13.0 Å². The van der Waals surface area contributed by atoms with Gasteiger partial charge >= 0.3 is 5.97 Å². The second kappa shape index (κ2) is 6.28. The minimum atomic E-state index is -0.139. The van der Waals surface area contributed by atoms with Crippen molar-refractivity contribution in [2.45, 2.75) is 18.6 Å². The second-order valence-electron chi connectivity index (χ2n) is 2.04. The van der Waals surface area contributed by atoms with Crippen LogP contribution in [0.4, 0.5) is 0 Å². The summed E-state index contributed by atoms with van der Waals surface area (Å²) < 4.78 is 4.61. The maximum atomic E-state index is 11.0. The summed E-state index contributed by atoms with van der Waals surface area (Å²) in [5, 5.41) is -0.0296. The van der Waals surface area contributed by atoms with Crippen molar-refractivity contribution >= 4 is 17.7 Å². The largest absolute Gasteiger partial charge is 0.468 e. The summed E-state index contributed by atoms with van der Waals surface area (Å²) in [6.45, 7) is 5.55. The molecule has 0 saturated heterocycles. The number of hydrogen-bond acceptors (Lipinski definition) is 3. The summed E-state index contributed by atoms with van der Waals surface area (Å²) in [6.07, 6.45) is 2.60. The van der Waals surface area contributed by atoms with Gasteiger partial charge in [-0.3, -0.25) is 4.79 Å². The zero-order chi connectivity index (χ0) is 8.69. The first-order chi connectivity index (χ1) is 5.26. The molecule has 0 aliphatic carbocycles. The fourth-order valence-corrected chi connectivity index (χ4v) is 1.50. The van der Waals surface area contributed by atoms with E-state index in [9.17, 15) is 4.79 Å². The molecule has 0 heterocycles. The van der Waals surface area contributed by atoms with Crippen LogP contribution in [0.5, 0.6) is 0 Å². The molecule has 0 N–H and O–H groups in total. The average Bonchev–Trinajstić information content (AvgIpc) is 2.05. The van der Waals surface area contributed by atoms with Gasteiger partial charge in [0.2, 0.25) is 0 Å². The Hall–Kier alpha value is -0.440. The van der Waals surface area contributed by atoms with E-state index in [4.69, 9.17) is 0 Å². The van der Waals surface area contributed by atoms with Crippen LogP contribution in [0.1, 0.15) is 13.3 Å². The lowest BCUT2D eigenvalue weighted by atomic mass is 10.3. The first-order valence-corrected chi connectivity index (χ1v) is 4.61. The van der Waals surface area contributed by atoms with Crippen molar-refractivity contribution in [3.05, 3.63) is 12.7 Å². The maximum Gasteiger partial charge on any atom is 0.318 e. The van der Waals surface area contributed by atoms with E-state index in [1.54, 1.807) is 17.8 Å². The number of carbonyl (C=O) groups excluding carboxylic acids is 1. The van der Waals surface area contributed by atoms with Gasteiger partial charge in [0.05, 0.1) is 7.11 Å². The van der Waals surface area contributed by atoms with Gasteiger partial charge in [0, 0.05) is 5.75 Å². The summed E-state index contributed by atoms with van der Waals surface area (Å²) in [5.41, 5.74) is 0. The molecule has 3 heteroatoms. The third-order valence-corrected chi connectivity index (χ3v) is 2.61. The molecular formula is C8H14O2S. The molecule has 1 atom stereocenters. The summed E-state index contributed by atoms with van der Waals surface area (Å²) in [5.74, 6) is 0.660. The fraction of sp³-hybridized carbons (Fsp3) is 0.625. The van der Waals surface area contributed by atoms with Gasteiger partial charge in [0.15, 0.2) is 0 Å². The highest BCUT2D eigenvalue weighted by Crippen LogP contribution is 2.15. The van der Waals surface area contributed by atoms with Gasteiger partial charge in [-0.2, -0.15) is 0 Å². The smallest absolute Gasteiger partial charge is 0.318 e. The Labute approximate surface area is 72.0 Å². The molecule has 11 heavy (non-hydrogen) atoms. The normalized spacial score (nSPS) is 12.2. The van der Waals surface area contributed by atoms with Crippen LogP contribution in [0.2, 0.25) is 0 Å². The number of ether oxygens (including phenoxy) is 1. The van der Waals surface area contributed by atoms with Crippen LogP contribution >= 0.6 is 11.8 Å². The Morgan fingerprint density at radius 3 is 2.82 bits per heavy atom. The average molecular weight is 174 g/mol. The number of thioether (sulfide) groups is 1. The van der Waals surface area contributed by atoms with Crippen LogP contribution in [-0.4, -0.2) is 24.1 Å². The lowest BCUT2D eigenvalue weighted by Crippen LogP contribution is -2.17. The lowest BCUT2D eigenvalue weighted by molar-refractivity contribution is -0.139. The number of esters is 1. The van der Waals surface area contributed by atoms with Gasteiger partial charge in [-0.05, 0) is 6.42 Å². The van der Waals surface area contributed by atoms with Crippen molar-refractivity contribution < 1.29 is 9.53 Å². The zero-order valence-corrected chi connectivity index (χ0v) is 7.82. The molecular weight excluding hydrogens is 160 g/mol. The van der Waals surface area contributed by atoms with E-state index >= 15 is 0 Å². The van der Waals surface area contributed by atoms with Crippen LogP contribution < -0.4 is 0 Å². The molecule has 0 amide bonds. The molecule has 64 valence electrons. The Balaban J connectivity index is 3.74. The first kappa shape index (κ1) is 10.6. The van der Waals surface area contributed by atoms with E-state index in [2.05, 4.69) is 11.3 Å². The molecule has 0 rings (SSSR count). The van der Waals surface area contributed by atoms with E-state index in [0.717, 1.165) is 12.2 Å². The van der Waals surface area contributed by atoms with Gasteiger partial charge in [0.1, 0.15) is 5.25 Å². The third-order valence-electron chi connectivity index (χ3n) is 1.25. The maximum absolute atomic E-state index is 11.0. The molecule has 2 nitrogen and oxygen atoms in total. The molecule has 0 aliphatic rings. The van der Waals surface area contributed by atoms with Crippen molar-refractivity contribution in [2.24, 2.45) is 0 Å². The third kappa shape index (κ3) is 4.09. The monoisotopic (exact) mass is 174 g/mol. The van der Waals surface area contributed by atoms with Crippen molar-refractivity contribution in [1.29, 1.82) is 0 Å². The van der Waals surface area contributed by atoms with Gasteiger partial charge in [-0.25, -0.2) is 0 Å². The molecule has 0 bridgehead atoms. The molecule has 0 fully saturated rings. The highest BCUT2D eigenvalue weighted by atomic mass is 32.2. The fourth-order valence-electron chi connectivity index (χ4n) is 0.668. The number of rotatable bonds is 5. The Morgan fingerprint density at radius 1 is 1.82 bits per heavy atom. The number of hydrogen-bond donors (Lipinski definition) is 0. The quantitative estimate of drug-likeness (QED) is 0.470. The number of carbonyl (C=O) groups is 1. The molecule has 0 aromatic carbocycles. The minimum absolute atomic E-state index is 0.0296. The molecule has 0 spiro atoms. The van der Waals surface area contributed by atoms with Crippen LogP contribution in [-0.2, 0) is 9.53 Å². The predicted molar refractivity (Wildman–Crippen MR) is 48.8 cm³/mol. The lowest BCUT2D eigenvalue weighted by Gasteiger charge is -2.09. The number of methoxy groups -OCH3 is 1. The van der Waals surface area contributed by atoms with Gasteiger partial charge < -0.3 is 4.74 Å². The molecule has 1 unspecified atom stereocenters. The molecule has 0 aliphatic heterocycles. The Bertz CT molecular complexity index is 134. The van der Waals surface area contributed by atoms with Crippen molar-refractivity contribution in [2.75, 3.05) is 12.9 Å². The van der Waals surface area contributed by atoms with E-state index in [0.29, 0.717) is 0 Å². The van der Waals surface area contributed by atoms with E-state index in [-0.39, 0.29) is 11.2 Å². The van der Waals surface area contributed by atoms with E-state index < -0.39 is 0 Å². The van der Waals surface area contributed by atoms with Crippen LogP contribution in [0.3, 0.4) is 0 Å².